The van der Waals surface area contributed by atoms with Crippen LogP contribution in [0.2, 0.25) is 0 Å². The van der Waals surface area contributed by atoms with Crippen LogP contribution in [0.3, 0.4) is 0 Å². The molecule has 0 spiro atoms. The molecule has 7 nitrogen and oxygen atoms in total. The molecule has 26 heavy (non-hydrogen) atoms. The van der Waals surface area contributed by atoms with E-state index in [9.17, 15) is 26.3 Å². The highest BCUT2D eigenvalue weighted by Gasteiger charge is 2.32. The first-order chi connectivity index (χ1) is 12.1. The van der Waals surface area contributed by atoms with Crippen LogP contribution in [0.1, 0.15) is 5.69 Å². The van der Waals surface area contributed by atoms with Gasteiger partial charge >= 0.3 is 12.4 Å². The predicted octanol–water partition coefficient (Wildman–Crippen LogP) is 3.48. The number of nitrogens with one attached hydrogen (secondary N) is 3. The summed E-state index contributed by atoms with van der Waals surface area (Å²) in [7, 11) is 0. The van der Waals surface area contributed by atoms with Crippen molar-refractivity contribution in [1.29, 1.82) is 0 Å². The van der Waals surface area contributed by atoms with Crippen molar-refractivity contribution in [2.75, 3.05) is 17.2 Å². The molecule has 0 unspecified atom stereocenters. The molecule has 0 fully saturated rings. The number of imidazole rings is 1. The van der Waals surface area contributed by atoms with Gasteiger partial charge in [-0.05, 0) is 12.1 Å². The van der Waals surface area contributed by atoms with Gasteiger partial charge in [0, 0.05) is 0 Å². The molecule has 0 aliphatic heterocycles. The molecule has 3 heterocycles. The Morgan fingerprint density at radius 3 is 2.38 bits per heavy atom. The number of halogens is 6. The molecule has 0 saturated carbocycles. The average Bonchev–Trinajstić information content (AvgIpc) is 3.00. The van der Waals surface area contributed by atoms with Crippen LogP contribution in [0.5, 0.6) is 0 Å². The molecular formula is C13H9F6N7. The number of H-pyrrole nitrogens is 1. The van der Waals surface area contributed by atoms with Crippen molar-refractivity contribution in [3.8, 4) is 0 Å². The summed E-state index contributed by atoms with van der Waals surface area (Å²) in [5, 5.41) is 4.69. The van der Waals surface area contributed by atoms with Crippen LogP contribution in [-0.4, -0.2) is 37.6 Å². The van der Waals surface area contributed by atoms with Crippen molar-refractivity contribution < 1.29 is 26.3 Å². The van der Waals surface area contributed by atoms with Crippen LogP contribution in [0.25, 0.3) is 11.2 Å². The van der Waals surface area contributed by atoms with E-state index < -0.39 is 24.6 Å². The zero-order valence-electron chi connectivity index (χ0n) is 12.6. The highest BCUT2D eigenvalue weighted by atomic mass is 19.4. The van der Waals surface area contributed by atoms with Gasteiger partial charge in [-0.15, -0.1) is 0 Å². The molecule has 0 aromatic carbocycles. The predicted molar refractivity (Wildman–Crippen MR) is 78.8 cm³/mol. The standard InChI is InChI=1S/C13H9F6N7/c14-12(15,16)4-21-9-8-10(23-5-22-8)26-11(25-9)24-6-1-2-7(20-3-6)13(17,18)19/h1-3,5H,4H2,(H3,21,22,23,24,25,26). The number of aromatic nitrogens is 5. The van der Waals surface area contributed by atoms with Crippen LogP contribution < -0.4 is 10.6 Å². The molecule has 0 aliphatic carbocycles. The lowest BCUT2D eigenvalue weighted by atomic mass is 10.3. The minimum atomic E-state index is -4.59. The first-order valence-electron chi connectivity index (χ1n) is 6.94. The van der Waals surface area contributed by atoms with Crippen molar-refractivity contribution in [1.82, 2.24) is 24.9 Å². The van der Waals surface area contributed by atoms with Crippen molar-refractivity contribution >= 4 is 28.6 Å². The highest BCUT2D eigenvalue weighted by molar-refractivity contribution is 5.84. The van der Waals surface area contributed by atoms with Crippen molar-refractivity contribution in [3.05, 3.63) is 30.4 Å². The molecule has 0 saturated heterocycles. The van der Waals surface area contributed by atoms with Gasteiger partial charge in [-0.25, -0.2) is 9.97 Å². The number of anilines is 3. The number of pyridine rings is 1. The Balaban J connectivity index is 1.86. The Kier molecular flexibility index (Phi) is 4.29. The second kappa shape index (κ2) is 6.31. The normalized spacial score (nSPS) is 12.4. The molecule has 3 aromatic rings. The summed E-state index contributed by atoms with van der Waals surface area (Å²) in [6, 6.07) is 1.84. The van der Waals surface area contributed by atoms with Gasteiger partial charge in [0.25, 0.3) is 0 Å². The molecule has 0 aliphatic rings. The van der Waals surface area contributed by atoms with E-state index in [2.05, 4.69) is 35.6 Å². The topological polar surface area (TPSA) is 91.4 Å². The van der Waals surface area contributed by atoms with E-state index >= 15 is 0 Å². The van der Waals surface area contributed by atoms with E-state index in [1.165, 1.54) is 6.33 Å². The second-order valence-electron chi connectivity index (χ2n) is 5.02. The third-order valence-electron chi connectivity index (χ3n) is 3.05. The van der Waals surface area contributed by atoms with E-state index in [4.69, 9.17) is 0 Å². The van der Waals surface area contributed by atoms with Crippen LogP contribution >= 0.6 is 0 Å². The number of hydrogen-bond donors (Lipinski definition) is 3. The summed E-state index contributed by atoms with van der Waals surface area (Å²) in [4.78, 5) is 17.6. The molecule has 3 rings (SSSR count). The molecule has 0 radical (unpaired) electrons. The van der Waals surface area contributed by atoms with E-state index in [1.807, 2.05) is 0 Å². The summed E-state index contributed by atoms with van der Waals surface area (Å²) < 4.78 is 74.7. The van der Waals surface area contributed by atoms with Gasteiger partial charge in [0.1, 0.15) is 17.8 Å². The Hall–Kier alpha value is -3.12. The van der Waals surface area contributed by atoms with Crippen LogP contribution in [0.4, 0.5) is 43.8 Å². The number of nitrogens with zero attached hydrogens (tertiary/aromatic N) is 4. The van der Waals surface area contributed by atoms with Gasteiger partial charge in [-0.3, -0.25) is 0 Å². The van der Waals surface area contributed by atoms with E-state index in [0.29, 0.717) is 0 Å². The molecule has 13 heteroatoms. The molecule has 0 amide bonds. The van der Waals surface area contributed by atoms with Gasteiger partial charge in [-0.2, -0.15) is 36.3 Å². The van der Waals surface area contributed by atoms with Crippen LogP contribution in [-0.2, 0) is 6.18 Å². The molecule has 138 valence electrons. The number of hydrogen-bond acceptors (Lipinski definition) is 6. The van der Waals surface area contributed by atoms with Crippen molar-refractivity contribution in [2.45, 2.75) is 12.4 Å². The summed E-state index contributed by atoms with van der Waals surface area (Å²) >= 11 is 0. The van der Waals surface area contributed by atoms with E-state index in [-0.39, 0.29) is 28.6 Å². The minimum absolute atomic E-state index is 0.0760. The number of rotatable bonds is 4. The van der Waals surface area contributed by atoms with E-state index in [0.717, 1.165) is 18.3 Å². The van der Waals surface area contributed by atoms with Crippen molar-refractivity contribution in [2.24, 2.45) is 0 Å². The van der Waals surface area contributed by atoms with Gasteiger partial charge < -0.3 is 15.6 Å². The van der Waals surface area contributed by atoms with Gasteiger partial charge in [-0.1, -0.05) is 0 Å². The fourth-order valence-corrected chi connectivity index (χ4v) is 1.97. The Morgan fingerprint density at radius 1 is 1.00 bits per heavy atom. The maximum Gasteiger partial charge on any atom is 0.433 e. The maximum atomic E-state index is 12.5. The fraction of sp³-hybridized carbons (Fsp3) is 0.231. The average molecular weight is 377 g/mol. The van der Waals surface area contributed by atoms with Crippen LogP contribution in [0, 0.1) is 0 Å². The minimum Gasteiger partial charge on any atom is -0.359 e. The summed E-state index contributed by atoms with van der Waals surface area (Å²) in [5.41, 5.74) is -0.730. The number of alkyl halides is 6. The van der Waals surface area contributed by atoms with Crippen molar-refractivity contribution in [3.63, 3.8) is 0 Å². The molecule has 0 atom stereocenters. The smallest absolute Gasteiger partial charge is 0.359 e. The zero-order chi connectivity index (χ0) is 18.9. The summed E-state index contributed by atoms with van der Waals surface area (Å²) in [6.07, 6.45) is -6.93. The van der Waals surface area contributed by atoms with E-state index in [1.54, 1.807) is 0 Å². The van der Waals surface area contributed by atoms with Gasteiger partial charge in [0.15, 0.2) is 11.5 Å². The lowest BCUT2D eigenvalue weighted by Crippen LogP contribution is -2.22. The fourth-order valence-electron chi connectivity index (χ4n) is 1.97. The first kappa shape index (κ1) is 17.7. The number of fused-ring (bicyclic) bond motifs is 1. The lowest BCUT2D eigenvalue weighted by Gasteiger charge is -2.11. The Morgan fingerprint density at radius 2 is 1.77 bits per heavy atom. The zero-order valence-corrected chi connectivity index (χ0v) is 12.6. The number of aromatic amines is 1. The van der Waals surface area contributed by atoms with Crippen LogP contribution in [0.15, 0.2) is 24.7 Å². The lowest BCUT2D eigenvalue weighted by molar-refractivity contribution is -0.141. The summed E-state index contributed by atoms with van der Waals surface area (Å²) in [6.45, 7) is -1.33. The van der Waals surface area contributed by atoms with Gasteiger partial charge in [0.05, 0.1) is 18.2 Å². The highest BCUT2D eigenvalue weighted by Crippen LogP contribution is 2.28. The van der Waals surface area contributed by atoms with Gasteiger partial charge in [0.2, 0.25) is 5.95 Å². The third kappa shape index (κ3) is 4.10. The second-order valence-corrected chi connectivity index (χ2v) is 5.02. The molecule has 0 bridgehead atoms. The third-order valence-corrected chi connectivity index (χ3v) is 3.05. The first-order valence-corrected chi connectivity index (χ1v) is 6.94. The largest absolute Gasteiger partial charge is 0.433 e. The molecule has 3 aromatic heterocycles. The monoisotopic (exact) mass is 377 g/mol. The Bertz CT molecular complexity index is 900. The molecular weight excluding hydrogens is 368 g/mol. The summed E-state index contributed by atoms with van der Waals surface area (Å²) in [5.74, 6) is -0.317. The quantitative estimate of drug-likeness (QED) is 0.603. The SMILES string of the molecule is FC(F)(F)CNc1nc(Nc2ccc(C(F)(F)F)nc2)nc2nc[nH]c12. The Labute approximate surface area is 140 Å². The maximum absolute atomic E-state index is 12.5. The molecule has 3 N–H and O–H groups in total.